The fraction of sp³-hybridized carbons (Fsp3) is 0.500. The first kappa shape index (κ1) is 16.5. The lowest BCUT2D eigenvalue weighted by atomic mass is 9.92. The Morgan fingerprint density at radius 1 is 1.29 bits per heavy atom. The van der Waals surface area contributed by atoms with Gasteiger partial charge >= 0.3 is 6.03 Å². The third kappa shape index (κ3) is 3.13. The van der Waals surface area contributed by atoms with E-state index in [9.17, 15) is 9.59 Å². The number of aromatic nitrogens is 2. The molecule has 6 heteroatoms. The van der Waals surface area contributed by atoms with Crippen LogP contribution in [-0.2, 0) is 17.8 Å². The van der Waals surface area contributed by atoms with Gasteiger partial charge < -0.3 is 10.6 Å². The van der Waals surface area contributed by atoms with E-state index in [1.54, 1.807) is 6.20 Å². The van der Waals surface area contributed by atoms with Crippen molar-refractivity contribution in [3.05, 3.63) is 29.5 Å². The van der Waals surface area contributed by atoms with Crippen molar-refractivity contribution in [2.24, 2.45) is 11.1 Å². The summed E-state index contributed by atoms with van der Waals surface area (Å²) in [5, 5.41) is 5.01. The van der Waals surface area contributed by atoms with Crippen LogP contribution in [0, 0.1) is 5.41 Å². The van der Waals surface area contributed by atoms with Crippen LogP contribution in [0.4, 0.5) is 4.79 Å². The molecule has 0 unspecified atom stereocenters. The lowest BCUT2D eigenvalue weighted by molar-refractivity contribution is -0.131. The molecule has 1 aromatic carbocycles. The third-order valence-electron chi connectivity index (χ3n) is 4.61. The maximum atomic E-state index is 12.5. The van der Waals surface area contributed by atoms with Gasteiger partial charge in [-0.2, -0.15) is 9.78 Å². The number of rotatable bonds is 2. The summed E-state index contributed by atoms with van der Waals surface area (Å²) in [6.07, 6.45) is 3.87. The number of hydrogen-bond acceptors (Lipinski definition) is 3. The highest BCUT2D eigenvalue weighted by Gasteiger charge is 2.24. The molecule has 0 atom stereocenters. The van der Waals surface area contributed by atoms with Crippen molar-refractivity contribution in [3.63, 3.8) is 0 Å². The highest BCUT2D eigenvalue weighted by molar-refractivity contribution is 5.92. The van der Waals surface area contributed by atoms with Gasteiger partial charge in [-0.15, -0.1) is 0 Å². The first-order valence-electron chi connectivity index (χ1n) is 8.32. The number of carbonyl (C=O) groups excluding carboxylic acids is 2. The monoisotopic (exact) mass is 328 g/mol. The third-order valence-corrected chi connectivity index (χ3v) is 4.61. The molecule has 2 amide bonds. The fourth-order valence-corrected chi connectivity index (χ4v) is 3.15. The molecular formula is C18H24N4O2. The second-order valence-corrected chi connectivity index (χ2v) is 7.66. The van der Waals surface area contributed by atoms with Gasteiger partial charge in [0.2, 0.25) is 5.91 Å². The molecule has 3 rings (SSSR count). The SMILES string of the molecule is CC(C)(C)CCN1Cc2c(ccc3c2cnn3C(N)=O)CCC1=O. The lowest BCUT2D eigenvalue weighted by Gasteiger charge is -2.26. The van der Waals surface area contributed by atoms with Crippen LogP contribution >= 0.6 is 0 Å². The molecule has 0 aliphatic carbocycles. The van der Waals surface area contributed by atoms with Gasteiger partial charge in [-0.3, -0.25) is 4.79 Å². The highest BCUT2D eigenvalue weighted by atomic mass is 16.2. The Kier molecular flexibility index (Phi) is 4.07. The molecule has 0 spiro atoms. The number of primary amides is 1. The maximum absolute atomic E-state index is 12.5. The molecule has 2 heterocycles. The van der Waals surface area contributed by atoms with Crippen LogP contribution < -0.4 is 5.73 Å². The molecule has 2 aromatic rings. The average Bonchev–Trinajstić information content (AvgIpc) is 2.86. The van der Waals surface area contributed by atoms with Crippen molar-refractivity contribution in [2.75, 3.05) is 6.54 Å². The molecule has 1 aliphatic heterocycles. The van der Waals surface area contributed by atoms with Gasteiger partial charge in [0.25, 0.3) is 0 Å². The second-order valence-electron chi connectivity index (χ2n) is 7.66. The Balaban J connectivity index is 1.98. The van der Waals surface area contributed by atoms with Gasteiger partial charge in [0.05, 0.1) is 11.7 Å². The number of fused-ring (bicyclic) bond motifs is 3. The minimum atomic E-state index is -0.598. The number of amides is 2. The van der Waals surface area contributed by atoms with Crippen molar-refractivity contribution in [1.29, 1.82) is 0 Å². The zero-order chi connectivity index (χ0) is 17.5. The van der Waals surface area contributed by atoms with E-state index in [0.717, 1.165) is 35.9 Å². The maximum Gasteiger partial charge on any atom is 0.340 e. The fourth-order valence-electron chi connectivity index (χ4n) is 3.15. The van der Waals surface area contributed by atoms with E-state index < -0.39 is 6.03 Å². The Labute approximate surface area is 141 Å². The summed E-state index contributed by atoms with van der Waals surface area (Å²) in [5.74, 6) is 0.186. The van der Waals surface area contributed by atoms with Crippen LogP contribution in [0.25, 0.3) is 10.9 Å². The summed E-state index contributed by atoms with van der Waals surface area (Å²) < 4.78 is 1.21. The molecule has 6 nitrogen and oxygen atoms in total. The van der Waals surface area contributed by atoms with Gasteiger partial charge in [0.15, 0.2) is 0 Å². The summed E-state index contributed by atoms with van der Waals surface area (Å²) in [5.41, 5.74) is 8.49. The summed E-state index contributed by atoms with van der Waals surface area (Å²) >= 11 is 0. The number of aryl methyl sites for hydroxylation is 1. The van der Waals surface area contributed by atoms with Crippen molar-refractivity contribution < 1.29 is 9.59 Å². The van der Waals surface area contributed by atoms with Crippen LogP contribution in [0.1, 0.15) is 44.7 Å². The zero-order valence-electron chi connectivity index (χ0n) is 14.5. The first-order valence-corrected chi connectivity index (χ1v) is 8.32. The predicted molar refractivity (Wildman–Crippen MR) is 92.5 cm³/mol. The number of hydrogen-bond donors (Lipinski definition) is 1. The van der Waals surface area contributed by atoms with Gasteiger partial charge in [-0.25, -0.2) is 4.79 Å². The van der Waals surface area contributed by atoms with Crippen LogP contribution in [0.3, 0.4) is 0 Å². The van der Waals surface area contributed by atoms with Gasteiger partial charge in [0, 0.05) is 24.9 Å². The molecule has 0 fully saturated rings. The summed E-state index contributed by atoms with van der Waals surface area (Å²) in [6, 6.07) is 3.25. The van der Waals surface area contributed by atoms with E-state index in [1.807, 2.05) is 17.0 Å². The van der Waals surface area contributed by atoms with Crippen molar-refractivity contribution in [1.82, 2.24) is 14.7 Å². The minimum absolute atomic E-state index is 0.179. The zero-order valence-corrected chi connectivity index (χ0v) is 14.5. The Hall–Kier alpha value is -2.37. The van der Waals surface area contributed by atoms with E-state index in [0.29, 0.717) is 18.5 Å². The molecule has 1 aromatic heterocycles. The number of benzene rings is 1. The van der Waals surface area contributed by atoms with Crippen molar-refractivity contribution in [3.8, 4) is 0 Å². The van der Waals surface area contributed by atoms with E-state index in [2.05, 4.69) is 25.9 Å². The number of nitrogens with zero attached hydrogens (tertiary/aromatic N) is 3. The number of nitrogens with two attached hydrogens (primary N) is 1. The Bertz CT molecular complexity index is 801. The Morgan fingerprint density at radius 3 is 2.71 bits per heavy atom. The van der Waals surface area contributed by atoms with Crippen molar-refractivity contribution >= 4 is 22.8 Å². The molecule has 128 valence electrons. The van der Waals surface area contributed by atoms with Crippen LogP contribution in [-0.4, -0.2) is 33.2 Å². The molecule has 24 heavy (non-hydrogen) atoms. The summed E-state index contributed by atoms with van der Waals surface area (Å²) in [7, 11) is 0. The predicted octanol–water partition coefficient (Wildman–Crippen LogP) is 2.67. The highest BCUT2D eigenvalue weighted by Crippen LogP contribution is 2.29. The molecule has 0 saturated carbocycles. The largest absolute Gasteiger partial charge is 0.350 e. The molecule has 0 radical (unpaired) electrons. The topological polar surface area (TPSA) is 81.2 Å². The van der Waals surface area contributed by atoms with E-state index in [4.69, 9.17) is 5.73 Å². The van der Waals surface area contributed by atoms with Gasteiger partial charge in [0.1, 0.15) is 0 Å². The quantitative estimate of drug-likeness (QED) is 0.920. The average molecular weight is 328 g/mol. The smallest absolute Gasteiger partial charge is 0.340 e. The molecule has 1 aliphatic rings. The molecule has 0 bridgehead atoms. The van der Waals surface area contributed by atoms with E-state index >= 15 is 0 Å². The number of carbonyl (C=O) groups is 2. The standard InChI is InChI=1S/C18H24N4O2/c1-18(2,3)8-9-21-11-14-12(5-7-16(21)23)4-6-15-13(14)10-20-22(15)17(19)24/h4,6,10H,5,7-9,11H2,1-3H3,(H2,19,24). The molecule has 2 N–H and O–H groups in total. The van der Waals surface area contributed by atoms with Gasteiger partial charge in [-0.05, 0) is 35.4 Å². The van der Waals surface area contributed by atoms with E-state index in [-0.39, 0.29) is 11.3 Å². The van der Waals surface area contributed by atoms with Gasteiger partial charge in [-0.1, -0.05) is 26.8 Å². The lowest BCUT2D eigenvalue weighted by Crippen LogP contribution is -2.32. The second kappa shape index (κ2) is 5.92. The minimum Gasteiger partial charge on any atom is -0.350 e. The molecule has 0 saturated heterocycles. The summed E-state index contributed by atoms with van der Waals surface area (Å²) in [4.78, 5) is 25.9. The van der Waals surface area contributed by atoms with Crippen LogP contribution in [0.2, 0.25) is 0 Å². The van der Waals surface area contributed by atoms with Crippen LogP contribution in [0.5, 0.6) is 0 Å². The first-order chi connectivity index (χ1) is 11.3. The molecular weight excluding hydrogens is 304 g/mol. The normalized spacial score (nSPS) is 15.5. The van der Waals surface area contributed by atoms with Crippen LogP contribution in [0.15, 0.2) is 18.3 Å². The van der Waals surface area contributed by atoms with E-state index in [1.165, 1.54) is 4.68 Å². The van der Waals surface area contributed by atoms with Crippen molar-refractivity contribution in [2.45, 2.75) is 46.6 Å². The summed E-state index contributed by atoms with van der Waals surface area (Å²) in [6.45, 7) is 7.84. The Morgan fingerprint density at radius 2 is 2.04 bits per heavy atom.